The quantitative estimate of drug-likeness (QED) is 0.671. The van der Waals surface area contributed by atoms with Crippen molar-refractivity contribution in [3.63, 3.8) is 0 Å². The summed E-state index contributed by atoms with van der Waals surface area (Å²) in [4.78, 5) is 13.3. The van der Waals surface area contributed by atoms with E-state index in [1.807, 2.05) is 42.8 Å². The molecule has 0 unspecified atom stereocenters. The smallest absolute Gasteiger partial charge is 0.240 e. The molecule has 2 aromatic carbocycles. The first-order valence-electron chi connectivity index (χ1n) is 9.48. The molecule has 8 heteroatoms. The minimum absolute atomic E-state index is 0.120. The lowest BCUT2D eigenvalue weighted by molar-refractivity contribution is -0.116. The number of fused-ring (bicyclic) bond motifs is 1. The van der Waals surface area contributed by atoms with Crippen LogP contribution in [-0.4, -0.2) is 33.1 Å². The van der Waals surface area contributed by atoms with Crippen LogP contribution < -0.4 is 15.5 Å². The van der Waals surface area contributed by atoms with Gasteiger partial charge in [-0.2, -0.15) is 0 Å². The largest absolute Gasteiger partial charge is 0.495 e. The first-order chi connectivity index (χ1) is 14.1. The number of hydrogen-bond acceptors (Lipinski definition) is 6. The highest BCUT2D eigenvalue weighted by atomic mass is 32.2. The lowest BCUT2D eigenvalue weighted by Gasteiger charge is -2.33. The number of anilines is 1. The van der Waals surface area contributed by atoms with Gasteiger partial charge in [-0.15, -0.1) is 10.2 Å². The molecule has 1 aliphatic heterocycles. The standard InChI is InChI=1S/C21H23N5O2S/c1-4-17-23-24-21-26(17)25-18(14-11-9-13(2)10-12-14)19(29-21)20(27)22-15-7-5-6-8-16(15)28-3/h5-12,18-19,25H,4H2,1-3H3,(H,22,27)/t18-,19-/m1/s1. The Bertz CT molecular complexity index is 1020. The van der Waals surface area contributed by atoms with E-state index in [2.05, 4.69) is 45.2 Å². The van der Waals surface area contributed by atoms with Gasteiger partial charge in [0.05, 0.1) is 18.8 Å². The lowest BCUT2D eigenvalue weighted by Crippen LogP contribution is -2.41. The van der Waals surface area contributed by atoms with Crippen molar-refractivity contribution >= 4 is 23.4 Å². The Hall–Kier alpha value is -3.00. The van der Waals surface area contributed by atoms with Gasteiger partial charge in [-0.3, -0.25) is 4.79 Å². The number of aromatic nitrogens is 3. The predicted octanol–water partition coefficient (Wildman–Crippen LogP) is 3.56. The normalized spacial score (nSPS) is 17.9. The minimum atomic E-state index is -0.427. The molecule has 0 spiro atoms. The van der Waals surface area contributed by atoms with Crippen LogP contribution in [0.15, 0.2) is 53.7 Å². The summed E-state index contributed by atoms with van der Waals surface area (Å²) >= 11 is 1.42. The Balaban J connectivity index is 1.68. The maximum Gasteiger partial charge on any atom is 0.240 e. The summed E-state index contributed by atoms with van der Waals surface area (Å²) in [7, 11) is 1.59. The SMILES string of the molecule is CCc1nnc2n1N[C@H](c1ccc(C)cc1)[C@H](C(=O)Nc1ccccc1OC)S2. The molecule has 0 aliphatic carbocycles. The molecule has 0 saturated carbocycles. The van der Waals surface area contributed by atoms with Gasteiger partial charge in [0.25, 0.3) is 0 Å². The van der Waals surface area contributed by atoms with E-state index >= 15 is 0 Å². The van der Waals surface area contributed by atoms with Gasteiger partial charge in [-0.1, -0.05) is 60.6 Å². The lowest BCUT2D eigenvalue weighted by atomic mass is 10.0. The highest BCUT2D eigenvalue weighted by Gasteiger charge is 2.37. The molecule has 4 rings (SSSR count). The fourth-order valence-electron chi connectivity index (χ4n) is 3.30. The molecule has 1 aromatic heterocycles. The number of para-hydroxylation sites is 2. The summed E-state index contributed by atoms with van der Waals surface area (Å²) in [5.74, 6) is 1.34. The molecule has 1 amide bonds. The number of benzene rings is 2. The summed E-state index contributed by atoms with van der Waals surface area (Å²) in [5, 5.41) is 11.8. The average Bonchev–Trinajstić information content (AvgIpc) is 3.16. The molecular weight excluding hydrogens is 386 g/mol. The molecule has 7 nitrogen and oxygen atoms in total. The molecule has 3 aromatic rings. The number of hydrogen-bond donors (Lipinski definition) is 2. The van der Waals surface area contributed by atoms with E-state index in [0.717, 1.165) is 17.8 Å². The van der Waals surface area contributed by atoms with Gasteiger partial charge in [0.2, 0.25) is 11.1 Å². The first kappa shape index (κ1) is 19.3. The number of ether oxygens (including phenoxy) is 1. The Morgan fingerprint density at radius 3 is 2.69 bits per heavy atom. The fourth-order valence-corrected chi connectivity index (χ4v) is 4.40. The second kappa shape index (κ2) is 8.16. The number of methoxy groups -OCH3 is 1. The molecular formula is C21H23N5O2S. The maximum atomic E-state index is 13.3. The monoisotopic (exact) mass is 409 g/mol. The minimum Gasteiger partial charge on any atom is -0.495 e. The van der Waals surface area contributed by atoms with Crippen LogP contribution in [0.25, 0.3) is 0 Å². The molecule has 0 bridgehead atoms. The zero-order valence-corrected chi connectivity index (χ0v) is 17.4. The second-order valence-electron chi connectivity index (χ2n) is 6.83. The summed E-state index contributed by atoms with van der Waals surface area (Å²) < 4.78 is 7.26. The van der Waals surface area contributed by atoms with E-state index in [0.29, 0.717) is 16.6 Å². The molecule has 1 aliphatic rings. The van der Waals surface area contributed by atoms with Gasteiger partial charge in [0.15, 0.2) is 5.82 Å². The van der Waals surface area contributed by atoms with Crippen LogP contribution in [0.3, 0.4) is 0 Å². The third-order valence-electron chi connectivity index (χ3n) is 4.88. The van der Waals surface area contributed by atoms with Crippen molar-refractivity contribution < 1.29 is 9.53 Å². The van der Waals surface area contributed by atoms with Crippen molar-refractivity contribution in [2.75, 3.05) is 17.9 Å². The van der Waals surface area contributed by atoms with Crippen molar-refractivity contribution in [3.05, 3.63) is 65.5 Å². The summed E-state index contributed by atoms with van der Waals surface area (Å²) in [5.41, 5.74) is 6.30. The van der Waals surface area contributed by atoms with Gasteiger partial charge in [0, 0.05) is 6.42 Å². The van der Waals surface area contributed by atoms with Crippen LogP contribution in [0.1, 0.15) is 29.9 Å². The van der Waals surface area contributed by atoms with Crippen LogP contribution in [0.2, 0.25) is 0 Å². The Morgan fingerprint density at radius 1 is 1.21 bits per heavy atom. The number of carbonyl (C=O) groups excluding carboxylic acids is 1. The average molecular weight is 410 g/mol. The highest BCUT2D eigenvalue weighted by molar-refractivity contribution is 8.00. The molecule has 150 valence electrons. The van der Waals surface area contributed by atoms with Gasteiger partial charge < -0.3 is 15.5 Å². The molecule has 2 heterocycles. The summed E-state index contributed by atoms with van der Waals surface area (Å²) in [6.07, 6.45) is 0.749. The van der Waals surface area contributed by atoms with Crippen molar-refractivity contribution in [2.24, 2.45) is 0 Å². The third-order valence-corrected chi connectivity index (χ3v) is 6.09. The van der Waals surface area contributed by atoms with Crippen LogP contribution in [0.4, 0.5) is 5.69 Å². The van der Waals surface area contributed by atoms with Crippen LogP contribution in [-0.2, 0) is 11.2 Å². The zero-order chi connectivity index (χ0) is 20.4. The van der Waals surface area contributed by atoms with Gasteiger partial charge >= 0.3 is 0 Å². The Morgan fingerprint density at radius 2 is 1.97 bits per heavy atom. The van der Waals surface area contributed by atoms with Crippen molar-refractivity contribution in [1.82, 2.24) is 14.9 Å². The highest BCUT2D eigenvalue weighted by Crippen LogP contribution is 2.38. The Kier molecular flexibility index (Phi) is 5.44. The second-order valence-corrected chi connectivity index (χ2v) is 7.94. The zero-order valence-electron chi connectivity index (χ0n) is 16.5. The van der Waals surface area contributed by atoms with Crippen molar-refractivity contribution in [1.29, 1.82) is 0 Å². The third kappa shape index (κ3) is 3.80. The maximum absolute atomic E-state index is 13.3. The number of nitrogens with one attached hydrogen (secondary N) is 2. The fraction of sp³-hybridized carbons (Fsp3) is 0.286. The van der Waals surface area contributed by atoms with Crippen molar-refractivity contribution in [3.8, 4) is 5.75 Å². The molecule has 0 fully saturated rings. The van der Waals surface area contributed by atoms with E-state index in [-0.39, 0.29) is 11.9 Å². The number of carbonyl (C=O) groups is 1. The number of aryl methyl sites for hydroxylation is 2. The predicted molar refractivity (Wildman–Crippen MR) is 114 cm³/mol. The Labute approximate surface area is 173 Å². The van der Waals surface area contributed by atoms with Gasteiger partial charge in [-0.05, 0) is 24.6 Å². The van der Waals surface area contributed by atoms with E-state index in [1.165, 1.54) is 17.3 Å². The van der Waals surface area contributed by atoms with E-state index in [4.69, 9.17) is 4.74 Å². The van der Waals surface area contributed by atoms with Crippen LogP contribution in [0.5, 0.6) is 5.75 Å². The first-order valence-corrected chi connectivity index (χ1v) is 10.4. The van der Waals surface area contributed by atoms with E-state index in [9.17, 15) is 4.79 Å². The van der Waals surface area contributed by atoms with Crippen molar-refractivity contribution in [2.45, 2.75) is 36.7 Å². The summed E-state index contributed by atoms with van der Waals surface area (Å²) in [6, 6.07) is 15.4. The summed E-state index contributed by atoms with van der Waals surface area (Å²) in [6.45, 7) is 4.08. The molecule has 2 atom stereocenters. The molecule has 0 saturated heterocycles. The topological polar surface area (TPSA) is 81.1 Å². The van der Waals surface area contributed by atoms with Crippen LogP contribution in [0, 0.1) is 6.92 Å². The number of amides is 1. The number of nitrogens with zero attached hydrogens (tertiary/aromatic N) is 3. The van der Waals surface area contributed by atoms with Crippen LogP contribution >= 0.6 is 11.8 Å². The van der Waals surface area contributed by atoms with E-state index < -0.39 is 5.25 Å². The van der Waals surface area contributed by atoms with Gasteiger partial charge in [-0.25, -0.2) is 4.68 Å². The van der Waals surface area contributed by atoms with Gasteiger partial charge in [0.1, 0.15) is 11.0 Å². The number of thioether (sulfide) groups is 1. The number of rotatable bonds is 5. The molecule has 29 heavy (non-hydrogen) atoms. The molecule has 2 N–H and O–H groups in total. The van der Waals surface area contributed by atoms with E-state index in [1.54, 1.807) is 7.11 Å². The molecule has 0 radical (unpaired) electrons.